The van der Waals surface area contributed by atoms with Gasteiger partial charge >= 0.3 is 5.76 Å². The first-order valence-corrected chi connectivity index (χ1v) is 9.02. The first-order valence-electron chi connectivity index (χ1n) is 8.64. The maximum Gasteiger partial charge on any atom is 0.419 e. The van der Waals surface area contributed by atoms with E-state index in [4.69, 9.17) is 16.0 Å². The van der Waals surface area contributed by atoms with E-state index in [0.29, 0.717) is 22.7 Å². The van der Waals surface area contributed by atoms with Gasteiger partial charge in [-0.05, 0) is 28.5 Å². The van der Waals surface area contributed by atoms with E-state index in [1.807, 2.05) is 42.5 Å². The van der Waals surface area contributed by atoms with Crippen molar-refractivity contribution in [1.82, 2.24) is 9.88 Å². The number of hydrogen-bond donors (Lipinski definition) is 1. The molecule has 0 saturated heterocycles. The summed E-state index contributed by atoms with van der Waals surface area (Å²) < 4.78 is 6.63. The van der Waals surface area contributed by atoms with Crippen molar-refractivity contribution in [2.24, 2.45) is 0 Å². The Balaban J connectivity index is 1.43. The number of carbonyl (C=O) groups excluding carboxylic acids is 1. The minimum Gasteiger partial charge on any atom is -0.408 e. The zero-order chi connectivity index (χ0) is 18.8. The van der Waals surface area contributed by atoms with Crippen LogP contribution in [-0.2, 0) is 17.9 Å². The van der Waals surface area contributed by atoms with Crippen LogP contribution < -0.4 is 11.1 Å². The van der Waals surface area contributed by atoms with Crippen molar-refractivity contribution in [1.29, 1.82) is 0 Å². The van der Waals surface area contributed by atoms with Crippen LogP contribution in [-0.4, -0.2) is 10.5 Å². The Kier molecular flexibility index (Phi) is 4.69. The fourth-order valence-electron chi connectivity index (χ4n) is 3.19. The average molecular weight is 381 g/mol. The molecule has 0 aliphatic heterocycles. The van der Waals surface area contributed by atoms with Crippen LogP contribution in [0.1, 0.15) is 12.0 Å². The van der Waals surface area contributed by atoms with Crippen LogP contribution in [0.25, 0.3) is 21.9 Å². The maximum absolute atomic E-state index is 12.3. The van der Waals surface area contributed by atoms with Crippen molar-refractivity contribution in [3.63, 3.8) is 0 Å². The van der Waals surface area contributed by atoms with Gasteiger partial charge in [0.05, 0.1) is 5.52 Å². The highest BCUT2D eigenvalue weighted by atomic mass is 35.5. The number of aryl methyl sites for hydroxylation is 1. The number of benzene rings is 3. The third-order valence-corrected chi connectivity index (χ3v) is 4.78. The minimum atomic E-state index is -0.492. The molecular weight excluding hydrogens is 364 g/mol. The zero-order valence-electron chi connectivity index (χ0n) is 14.4. The second kappa shape index (κ2) is 7.29. The van der Waals surface area contributed by atoms with Crippen LogP contribution in [0.15, 0.2) is 69.9 Å². The normalized spacial score (nSPS) is 11.1. The number of carbonyl (C=O) groups is 1. The number of amides is 1. The highest BCUT2D eigenvalue weighted by Gasteiger charge is 2.11. The molecule has 0 radical (unpaired) electrons. The summed E-state index contributed by atoms with van der Waals surface area (Å²) in [6.45, 7) is 0.686. The summed E-state index contributed by atoms with van der Waals surface area (Å²) in [5.74, 6) is -0.618. The standard InChI is InChI=1S/C21H17ClN2O3/c22-16-8-9-18-19(12-16)27-21(26)24(18)11-10-20(25)23-13-15-6-3-5-14-4-1-2-7-17(14)15/h1-9,12H,10-11,13H2,(H,23,25). The minimum absolute atomic E-state index is 0.127. The van der Waals surface area contributed by atoms with Crippen molar-refractivity contribution in [2.45, 2.75) is 19.5 Å². The Morgan fingerprint density at radius 2 is 1.89 bits per heavy atom. The number of nitrogens with zero attached hydrogens (tertiary/aromatic N) is 1. The van der Waals surface area contributed by atoms with Gasteiger partial charge in [0.2, 0.25) is 5.91 Å². The van der Waals surface area contributed by atoms with Crippen molar-refractivity contribution >= 4 is 39.4 Å². The molecule has 0 unspecified atom stereocenters. The molecule has 4 aromatic rings. The van der Waals surface area contributed by atoms with Crippen LogP contribution >= 0.6 is 11.6 Å². The molecule has 0 saturated carbocycles. The second-order valence-electron chi connectivity index (χ2n) is 6.30. The lowest BCUT2D eigenvalue weighted by Gasteiger charge is -2.09. The number of rotatable bonds is 5. The van der Waals surface area contributed by atoms with E-state index in [9.17, 15) is 9.59 Å². The molecule has 1 amide bonds. The number of oxazole rings is 1. The van der Waals surface area contributed by atoms with Crippen molar-refractivity contribution < 1.29 is 9.21 Å². The van der Waals surface area contributed by atoms with Gasteiger partial charge in [-0.15, -0.1) is 0 Å². The van der Waals surface area contributed by atoms with E-state index in [1.165, 1.54) is 4.57 Å². The summed E-state index contributed by atoms with van der Waals surface area (Å²) in [4.78, 5) is 24.3. The predicted octanol–water partition coefficient (Wildman–Crippen LogP) is 4.11. The third-order valence-electron chi connectivity index (χ3n) is 4.55. The van der Waals surface area contributed by atoms with Gasteiger partial charge in [-0.25, -0.2) is 4.79 Å². The molecule has 0 aliphatic carbocycles. The van der Waals surface area contributed by atoms with E-state index in [-0.39, 0.29) is 18.9 Å². The first-order chi connectivity index (χ1) is 13.1. The van der Waals surface area contributed by atoms with Crippen LogP contribution in [0.3, 0.4) is 0 Å². The molecule has 0 atom stereocenters. The molecule has 3 aromatic carbocycles. The Bertz CT molecular complexity index is 1190. The molecule has 136 valence electrons. The topological polar surface area (TPSA) is 64.2 Å². The molecule has 0 aliphatic rings. The molecule has 6 heteroatoms. The largest absolute Gasteiger partial charge is 0.419 e. The van der Waals surface area contributed by atoms with Crippen LogP contribution in [0.4, 0.5) is 0 Å². The smallest absolute Gasteiger partial charge is 0.408 e. The number of aromatic nitrogens is 1. The molecule has 5 nitrogen and oxygen atoms in total. The van der Waals surface area contributed by atoms with Gasteiger partial charge in [0.15, 0.2) is 5.58 Å². The lowest BCUT2D eigenvalue weighted by atomic mass is 10.0. The third kappa shape index (κ3) is 3.59. The molecule has 4 rings (SSSR count). The molecule has 1 heterocycles. The number of halogens is 1. The fraction of sp³-hybridized carbons (Fsp3) is 0.143. The van der Waals surface area contributed by atoms with Gasteiger partial charge in [-0.3, -0.25) is 9.36 Å². The summed E-state index contributed by atoms with van der Waals surface area (Å²) in [7, 11) is 0. The Morgan fingerprint density at radius 1 is 1.07 bits per heavy atom. The van der Waals surface area contributed by atoms with E-state index in [0.717, 1.165) is 16.3 Å². The van der Waals surface area contributed by atoms with E-state index in [1.54, 1.807) is 18.2 Å². The van der Waals surface area contributed by atoms with E-state index in [2.05, 4.69) is 5.32 Å². The van der Waals surface area contributed by atoms with E-state index < -0.39 is 5.76 Å². The van der Waals surface area contributed by atoms with Crippen LogP contribution in [0.2, 0.25) is 5.02 Å². The molecule has 1 N–H and O–H groups in total. The first kappa shape index (κ1) is 17.4. The molecule has 0 fully saturated rings. The highest BCUT2D eigenvalue weighted by molar-refractivity contribution is 6.31. The molecule has 0 spiro atoms. The van der Waals surface area contributed by atoms with Crippen LogP contribution in [0.5, 0.6) is 0 Å². The summed E-state index contributed by atoms with van der Waals surface area (Å²) in [5, 5.41) is 5.68. The lowest BCUT2D eigenvalue weighted by Crippen LogP contribution is -2.25. The van der Waals surface area contributed by atoms with Crippen molar-refractivity contribution in [3.8, 4) is 0 Å². The van der Waals surface area contributed by atoms with Gasteiger partial charge in [0.25, 0.3) is 0 Å². The summed E-state index contributed by atoms with van der Waals surface area (Å²) in [5.41, 5.74) is 2.11. The van der Waals surface area contributed by atoms with E-state index >= 15 is 0 Å². The fourth-order valence-corrected chi connectivity index (χ4v) is 3.36. The highest BCUT2D eigenvalue weighted by Crippen LogP contribution is 2.19. The molecule has 0 bridgehead atoms. The Hall–Kier alpha value is -3.05. The SMILES string of the molecule is O=C(CCn1c(=O)oc2cc(Cl)ccc21)NCc1cccc2ccccc12. The summed E-state index contributed by atoms with van der Waals surface area (Å²) >= 11 is 5.91. The second-order valence-corrected chi connectivity index (χ2v) is 6.73. The average Bonchev–Trinajstić information content (AvgIpc) is 2.98. The van der Waals surface area contributed by atoms with Gasteiger partial charge in [-0.2, -0.15) is 0 Å². The predicted molar refractivity (Wildman–Crippen MR) is 106 cm³/mol. The lowest BCUT2D eigenvalue weighted by molar-refractivity contribution is -0.121. The van der Waals surface area contributed by atoms with Crippen molar-refractivity contribution in [2.75, 3.05) is 0 Å². The number of hydrogen-bond acceptors (Lipinski definition) is 3. The van der Waals surface area contributed by atoms with Crippen LogP contribution in [0, 0.1) is 0 Å². The van der Waals surface area contributed by atoms with Gasteiger partial charge < -0.3 is 9.73 Å². The zero-order valence-corrected chi connectivity index (χ0v) is 15.2. The summed E-state index contributed by atoms with van der Waals surface area (Å²) in [6, 6.07) is 19.1. The molecule has 27 heavy (non-hydrogen) atoms. The number of nitrogens with one attached hydrogen (secondary N) is 1. The summed E-state index contributed by atoms with van der Waals surface area (Å²) in [6.07, 6.45) is 0.182. The molecular formula is C21H17ClN2O3. The maximum atomic E-state index is 12.3. The Labute approximate surface area is 160 Å². The molecule has 1 aromatic heterocycles. The Morgan fingerprint density at radius 3 is 2.78 bits per heavy atom. The van der Waals surface area contributed by atoms with Crippen molar-refractivity contribution in [3.05, 3.63) is 81.8 Å². The van der Waals surface area contributed by atoms with Gasteiger partial charge in [-0.1, -0.05) is 54.1 Å². The quantitative estimate of drug-likeness (QED) is 0.566. The van der Waals surface area contributed by atoms with Gasteiger partial charge in [0, 0.05) is 30.6 Å². The number of fused-ring (bicyclic) bond motifs is 2. The van der Waals surface area contributed by atoms with Gasteiger partial charge in [0.1, 0.15) is 0 Å². The monoisotopic (exact) mass is 380 g/mol.